The molecular weight excluding hydrogens is 336 g/mol. The van der Waals surface area contributed by atoms with E-state index in [1.165, 1.54) is 11.3 Å². The number of hydrogen-bond acceptors (Lipinski definition) is 7. The van der Waals surface area contributed by atoms with Crippen LogP contribution in [0.25, 0.3) is 10.8 Å². The molecule has 7 nitrogen and oxygen atoms in total. The molecule has 2 amide bonds. The molecule has 3 rings (SSSR count). The third kappa shape index (κ3) is 3.69. The van der Waals surface area contributed by atoms with Crippen LogP contribution in [0.3, 0.4) is 0 Å². The Hall–Kier alpha value is -2.39. The molecule has 118 valence electrons. The van der Waals surface area contributed by atoms with E-state index in [-0.39, 0.29) is 11.0 Å². The Morgan fingerprint density at radius 2 is 2.22 bits per heavy atom. The van der Waals surface area contributed by atoms with Gasteiger partial charge in [-0.25, -0.2) is 0 Å². The van der Waals surface area contributed by atoms with E-state index in [9.17, 15) is 9.59 Å². The summed E-state index contributed by atoms with van der Waals surface area (Å²) in [6.45, 7) is 0. The van der Waals surface area contributed by atoms with Gasteiger partial charge in [0.1, 0.15) is 5.69 Å². The predicted octanol–water partition coefficient (Wildman–Crippen LogP) is 2.19. The first-order chi connectivity index (χ1) is 11.1. The fraction of sp³-hybridized carbons (Fsp3) is 0.143. The highest BCUT2D eigenvalue weighted by Crippen LogP contribution is 2.26. The van der Waals surface area contributed by atoms with E-state index < -0.39 is 11.8 Å². The van der Waals surface area contributed by atoms with E-state index >= 15 is 0 Å². The molecule has 0 unspecified atom stereocenters. The number of hydrogen-bond donors (Lipinski definition) is 1. The molecule has 23 heavy (non-hydrogen) atoms. The van der Waals surface area contributed by atoms with E-state index in [4.69, 9.17) is 4.42 Å². The number of thioether (sulfide) groups is 1. The summed E-state index contributed by atoms with van der Waals surface area (Å²) >= 11 is 2.57. The topological polar surface area (TPSA) is 90.0 Å². The van der Waals surface area contributed by atoms with Crippen LogP contribution in [-0.2, 0) is 11.8 Å². The van der Waals surface area contributed by atoms with Gasteiger partial charge in [0.25, 0.3) is 17.0 Å². The Morgan fingerprint density at radius 3 is 2.91 bits per heavy atom. The third-order valence-corrected chi connectivity index (χ3v) is 4.57. The Bertz CT molecular complexity index is 823. The lowest BCUT2D eigenvalue weighted by Gasteiger charge is -2.03. The van der Waals surface area contributed by atoms with Gasteiger partial charge in [0, 0.05) is 13.2 Å². The summed E-state index contributed by atoms with van der Waals surface area (Å²) in [7, 11) is 1.73. The first kappa shape index (κ1) is 15.5. The molecule has 0 radical (unpaired) electrons. The van der Waals surface area contributed by atoms with Crippen molar-refractivity contribution in [2.24, 2.45) is 7.05 Å². The highest BCUT2D eigenvalue weighted by atomic mass is 32.2. The second-order valence-corrected chi connectivity index (χ2v) is 6.40. The molecule has 0 bridgehead atoms. The molecule has 9 heteroatoms. The SMILES string of the molecule is Cn1cccc1C(=O)NC(=O)CSc1nnc(-c2cccs2)o1. The molecule has 0 aliphatic carbocycles. The summed E-state index contributed by atoms with van der Waals surface area (Å²) in [6, 6.07) is 7.14. The van der Waals surface area contributed by atoms with Gasteiger partial charge in [-0.3, -0.25) is 14.9 Å². The molecule has 3 aromatic heterocycles. The van der Waals surface area contributed by atoms with Gasteiger partial charge in [-0.15, -0.1) is 21.5 Å². The molecule has 0 aromatic carbocycles. The monoisotopic (exact) mass is 348 g/mol. The van der Waals surface area contributed by atoms with E-state index in [1.807, 2.05) is 17.5 Å². The normalized spacial score (nSPS) is 10.7. The zero-order valence-corrected chi connectivity index (χ0v) is 13.7. The number of carbonyl (C=O) groups excluding carboxylic acids is 2. The number of aromatic nitrogens is 3. The van der Waals surface area contributed by atoms with Crippen molar-refractivity contribution in [3.05, 3.63) is 41.5 Å². The lowest BCUT2D eigenvalue weighted by molar-refractivity contribution is -0.117. The van der Waals surface area contributed by atoms with Gasteiger partial charge in [0.05, 0.1) is 10.6 Å². The number of nitrogens with one attached hydrogen (secondary N) is 1. The van der Waals surface area contributed by atoms with Crippen molar-refractivity contribution in [2.45, 2.75) is 5.22 Å². The number of carbonyl (C=O) groups is 2. The summed E-state index contributed by atoms with van der Waals surface area (Å²) in [6.07, 6.45) is 1.73. The molecule has 1 N–H and O–H groups in total. The smallest absolute Gasteiger partial charge is 0.277 e. The highest BCUT2D eigenvalue weighted by Gasteiger charge is 2.15. The van der Waals surface area contributed by atoms with Gasteiger partial charge in [0.15, 0.2) is 0 Å². The third-order valence-electron chi connectivity index (χ3n) is 2.89. The summed E-state index contributed by atoms with van der Waals surface area (Å²) in [5.74, 6) is -0.421. The number of thiophene rings is 1. The first-order valence-electron chi connectivity index (χ1n) is 6.59. The molecule has 3 heterocycles. The van der Waals surface area contributed by atoms with Crippen molar-refractivity contribution in [1.29, 1.82) is 0 Å². The second kappa shape index (κ2) is 6.80. The maximum absolute atomic E-state index is 11.9. The highest BCUT2D eigenvalue weighted by molar-refractivity contribution is 7.99. The van der Waals surface area contributed by atoms with Crippen molar-refractivity contribution in [1.82, 2.24) is 20.1 Å². The number of imide groups is 1. The average Bonchev–Trinajstić information content (AvgIpc) is 3.26. The molecule has 0 saturated heterocycles. The lowest BCUT2D eigenvalue weighted by Crippen LogP contribution is -2.32. The Morgan fingerprint density at radius 1 is 1.35 bits per heavy atom. The van der Waals surface area contributed by atoms with Crippen LogP contribution in [0.15, 0.2) is 45.5 Å². The van der Waals surface area contributed by atoms with Crippen LogP contribution in [0.1, 0.15) is 10.5 Å². The van der Waals surface area contributed by atoms with Crippen LogP contribution in [-0.4, -0.2) is 32.3 Å². The number of nitrogens with zero attached hydrogens (tertiary/aromatic N) is 3. The van der Waals surface area contributed by atoms with E-state index in [0.29, 0.717) is 11.6 Å². The Kier molecular flexibility index (Phi) is 4.58. The van der Waals surface area contributed by atoms with Crippen molar-refractivity contribution < 1.29 is 14.0 Å². The van der Waals surface area contributed by atoms with Crippen LogP contribution in [0.2, 0.25) is 0 Å². The fourth-order valence-corrected chi connectivity index (χ4v) is 3.03. The molecule has 0 aliphatic heterocycles. The average molecular weight is 348 g/mol. The molecule has 0 aliphatic rings. The van der Waals surface area contributed by atoms with Gasteiger partial charge in [-0.1, -0.05) is 17.8 Å². The second-order valence-electron chi connectivity index (χ2n) is 4.52. The summed E-state index contributed by atoms with van der Waals surface area (Å²) in [5, 5.41) is 12.3. The molecule has 3 aromatic rings. The molecule has 0 fully saturated rings. The van der Waals surface area contributed by atoms with Gasteiger partial charge >= 0.3 is 0 Å². The minimum Gasteiger partial charge on any atom is -0.410 e. The summed E-state index contributed by atoms with van der Waals surface area (Å²) in [5.41, 5.74) is 0.418. The number of amides is 2. The maximum atomic E-state index is 11.9. The molecule has 0 saturated carbocycles. The Labute approximate surface area is 139 Å². The van der Waals surface area contributed by atoms with Crippen LogP contribution in [0.4, 0.5) is 0 Å². The van der Waals surface area contributed by atoms with E-state index in [0.717, 1.165) is 16.6 Å². The molecular formula is C14H12N4O3S2. The van der Waals surface area contributed by atoms with Gasteiger partial charge in [-0.2, -0.15) is 0 Å². The lowest BCUT2D eigenvalue weighted by atomic mass is 10.4. The Balaban J connectivity index is 1.53. The quantitative estimate of drug-likeness (QED) is 0.711. The zero-order valence-electron chi connectivity index (χ0n) is 12.1. The maximum Gasteiger partial charge on any atom is 0.277 e. The largest absolute Gasteiger partial charge is 0.410 e. The van der Waals surface area contributed by atoms with E-state index in [1.54, 1.807) is 29.9 Å². The minimum atomic E-state index is -0.437. The number of aryl methyl sites for hydroxylation is 1. The standard InChI is InChI=1S/C14H12N4O3S2/c1-18-6-2-4-9(18)12(20)15-11(19)8-23-14-17-16-13(21-14)10-5-3-7-22-10/h2-7H,8H2,1H3,(H,15,19,20). The number of rotatable bonds is 5. The van der Waals surface area contributed by atoms with Crippen molar-refractivity contribution in [2.75, 3.05) is 5.75 Å². The van der Waals surface area contributed by atoms with Crippen LogP contribution < -0.4 is 5.32 Å². The predicted molar refractivity (Wildman–Crippen MR) is 86.2 cm³/mol. The van der Waals surface area contributed by atoms with Crippen LogP contribution >= 0.6 is 23.1 Å². The molecule has 0 spiro atoms. The van der Waals surface area contributed by atoms with Crippen LogP contribution in [0, 0.1) is 0 Å². The van der Waals surface area contributed by atoms with Gasteiger partial charge in [-0.05, 0) is 23.6 Å². The fourth-order valence-electron chi connectivity index (χ4n) is 1.82. The molecule has 0 atom stereocenters. The summed E-state index contributed by atoms with van der Waals surface area (Å²) in [4.78, 5) is 24.6. The van der Waals surface area contributed by atoms with Crippen molar-refractivity contribution >= 4 is 34.9 Å². The minimum absolute atomic E-state index is 0.0161. The summed E-state index contributed by atoms with van der Waals surface area (Å²) < 4.78 is 7.10. The van der Waals surface area contributed by atoms with E-state index in [2.05, 4.69) is 15.5 Å². The van der Waals surface area contributed by atoms with Gasteiger partial charge in [0.2, 0.25) is 5.91 Å². The van der Waals surface area contributed by atoms with Crippen molar-refractivity contribution in [3.8, 4) is 10.8 Å². The van der Waals surface area contributed by atoms with Crippen molar-refractivity contribution in [3.63, 3.8) is 0 Å². The van der Waals surface area contributed by atoms with Crippen LogP contribution in [0.5, 0.6) is 0 Å². The first-order valence-corrected chi connectivity index (χ1v) is 8.45. The van der Waals surface area contributed by atoms with Gasteiger partial charge < -0.3 is 8.98 Å². The zero-order chi connectivity index (χ0) is 16.2.